The number of rotatable bonds is 49. The first-order valence-electron chi connectivity index (χ1n) is 24.5. The third-order valence-corrected chi connectivity index (χ3v) is 19.8. The van der Waals surface area contributed by atoms with Crippen LogP contribution in [0.3, 0.4) is 0 Å². The van der Waals surface area contributed by atoms with Gasteiger partial charge in [0.25, 0.3) is 0 Å². The molecule has 0 aromatic rings. The summed E-state index contributed by atoms with van der Waals surface area (Å²) in [6.45, 7) is 18.3. The average molecular weight is 942 g/mol. The molecule has 0 saturated carbocycles. The normalized spacial score (nSPS) is 12.7. The quantitative estimate of drug-likeness (QED) is 0.0254. The summed E-state index contributed by atoms with van der Waals surface area (Å²) in [6, 6.07) is 0. The van der Waals surface area contributed by atoms with Gasteiger partial charge in [-0.05, 0) is 90.8 Å². The fourth-order valence-electron chi connectivity index (χ4n) is 7.14. The Bertz CT molecular complexity index is 824. The molecule has 11 heteroatoms. The molecule has 5 nitrogen and oxygen atoms in total. The van der Waals surface area contributed by atoms with E-state index in [2.05, 4.69) is 69.0 Å². The summed E-state index contributed by atoms with van der Waals surface area (Å²) in [7, 11) is 16.0. The van der Waals surface area contributed by atoms with Crippen LogP contribution in [0.5, 0.6) is 0 Å². The smallest absolute Gasteiger partial charge is 0.307 e. The molecular formula is C48H96N2O3S6. The van der Waals surface area contributed by atoms with Gasteiger partial charge in [0.15, 0.2) is 0 Å². The summed E-state index contributed by atoms with van der Waals surface area (Å²) in [5.74, 6) is 6.96. The van der Waals surface area contributed by atoms with Crippen LogP contribution in [0.15, 0.2) is 12.3 Å². The van der Waals surface area contributed by atoms with E-state index < -0.39 is 0 Å². The van der Waals surface area contributed by atoms with Crippen LogP contribution in [0.25, 0.3) is 0 Å². The maximum absolute atomic E-state index is 12.4. The van der Waals surface area contributed by atoms with Crippen molar-refractivity contribution >= 4 is 68.8 Å². The second-order valence-corrected chi connectivity index (χ2v) is 25.8. The van der Waals surface area contributed by atoms with E-state index in [9.17, 15) is 4.79 Å². The Hall–Kier alpha value is 1.03. The lowest BCUT2D eigenvalue weighted by molar-refractivity contribution is -0.143. The minimum atomic E-state index is -0.0758. The van der Waals surface area contributed by atoms with Crippen LogP contribution in [0, 0.1) is 11.8 Å². The third kappa shape index (κ3) is 45.4. The van der Waals surface area contributed by atoms with Gasteiger partial charge < -0.3 is 19.3 Å². The predicted octanol–water partition coefficient (Wildman–Crippen LogP) is 16.8. The Labute approximate surface area is 391 Å². The molecule has 2 atom stereocenters. The van der Waals surface area contributed by atoms with Crippen molar-refractivity contribution in [3.8, 4) is 0 Å². The van der Waals surface area contributed by atoms with Crippen LogP contribution in [-0.2, 0) is 14.3 Å². The van der Waals surface area contributed by atoms with Gasteiger partial charge in [-0.25, -0.2) is 0 Å². The van der Waals surface area contributed by atoms with E-state index in [-0.39, 0.29) is 5.97 Å². The molecule has 0 aliphatic rings. The summed E-state index contributed by atoms with van der Waals surface area (Å²) in [5, 5.41) is 0. The summed E-state index contributed by atoms with van der Waals surface area (Å²) in [5.41, 5.74) is 0. The van der Waals surface area contributed by atoms with Gasteiger partial charge in [0.1, 0.15) is 6.61 Å². The van der Waals surface area contributed by atoms with Gasteiger partial charge in [-0.2, -0.15) is 0 Å². The number of esters is 1. The number of ether oxygens (including phenoxy) is 2. The molecule has 0 aromatic carbocycles. The second kappa shape index (κ2) is 48.5. The van der Waals surface area contributed by atoms with Crippen molar-refractivity contribution in [1.82, 2.24) is 9.80 Å². The maximum Gasteiger partial charge on any atom is 0.307 e. The number of unbranched alkanes of at least 4 members (excludes halogenated alkanes) is 16. The van der Waals surface area contributed by atoms with Crippen LogP contribution >= 0.6 is 62.8 Å². The molecule has 0 aliphatic carbocycles. The third-order valence-electron chi connectivity index (χ3n) is 11.1. The zero-order valence-electron chi connectivity index (χ0n) is 39.6. The SMILES string of the molecule is C=C(CCN(C)CCCN(C)CCC(=O)OCCSSSCC(CCCCCC)CCCCCCCC)OCCSSSCC(CCCCCC)CCCCCCCC. The van der Waals surface area contributed by atoms with Gasteiger partial charge in [-0.15, -0.1) is 0 Å². The van der Waals surface area contributed by atoms with E-state index >= 15 is 0 Å². The zero-order valence-corrected chi connectivity index (χ0v) is 44.5. The van der Waals surface area contributed by atoms with E-state index in [1.807, 2.05) is 52.0 Å². The lowest BCUT2D eigenvalue weighted by Crippen LogP contribution is -2.28. The van der Waals surface area contributed by atoms with Gasteiger partial charge in [0.2, 0.25) is 0 Å². The Kier molecular flexibility index (Phi) is 49.3. The first-order chi connectivity index (χ1) is 28.9. The standard InChI is InChI=1S/C48H96N2O3S6/c1-8-12-16-20-22-26-31-46(29-24-18-14-10-3)43-56-58-54-41-39-52-45(5)33-37-49(6)35-28-36-50(7)38-34-48(51)53-40-42-55-59-57-44-47(30-25-19-15-11-4)32-27-23-21-17-13-9-2/h46-47H,5,8-44H2,1-4,6-7H3. The Morgan fingerprint density at radius 3 is 1.29 bits per heavy atom. The molecule has 0 aromatic heterocycles. The van der Waals surface area contributed by atoms with Crippen LogP contribution in [0.4, 0.5) is 0 Å². The van der Waals surface area contributed by atoms with Crippen molar-refractivity contribution in [2.24, 2.45) is 11.8 Å². The maximum atomic E-state index is 12.4. The molecule has 0 fully saturated rings. The highest BCUT2D eigenvalue weighted by Crippen LogP contribution is 2.38. The van der Waals surface area contributed by atoms with Gasteiger partial charge >= 0.3 is 5.97 Å². The lowest BCUT2D eigenvalue weighted by atomic mass is 9.96. The van der Waals surface area contributed by atoms with Gasteiger partial charge in [-0.1, -0.05) is 206 Å². The number of nitrogens with zero attached hydrogens (tertiary/aromatic N) is 2. The molecule has 0 N–H and O–H groups in total. The molecule has 0 heterocycles. The molecule has 0 bridgehead atoms. The first kappa shape index (κ1) is 60.0. The van der Waals surface area contributed by atoms with Crippen LogP contribution in [-0.4, -0.2) is 92.3 Å². The van der Waals surface area contributed by atoms with E-state index in [0.717, 1.165) is 74.7 Å². The second-order valence-electron chi connectivity index (χ2n) is 17.0. The number of carbonyl (C=O) groups excluding carboxylic acids is 1. The van der Waals surface area contributed by atoms with Crippen molar-refractivity contribution in [1.29, 1.82) is 0 Å². The van der Waals surface area contributed by atoms with Crippen molar-refractivity contribution in [2.75, 3.05) is 76.5 Å². The highest BCUT2D eigenvalue weighted by atomic mass is 33.5. The lowest BCUT2D eigenvalue weighted by Gasteiger charge is -2.20. The fraction of sp³-hybridized carbons (Fsp3) is 0.938. The number of hydrogen-bond acceptors (Lipinski definition) is 11. The average Bonchev–Trinajstić information content (AvgIpc) is 3.23. The monoisotopic (exact) mass is 941 g/mol. The molecule has 0 amide bonds. The van der Waals surface area contributed by atoms with Crippen LogP contribution in [0.1, 0.15) is 201 Å². The molecular weight excluding hydrogens is 845 g/mol. The van der Waals surface area contributed by atoms with Crippen LogP contribution in [0.2, 0.25) is 0 Å². The van der Waals surface area contributed by atoms with Crippen molar-refractivity contribution in [2.45, 2.75) is 201 Å². The van der Waals surface area contributed by atoms with Crippen molar-refractivity contribution in [3.05, 3.63) is 12.3 Å². The Morgan fingerprint density at radius 1 is 0.475 bits per heavy atom. The first-order valence-corrected chi connectivity index (χ1v) is 32.2. The van der Waals surface area contributed by atoms with Gasteiger partial charge in [0.05, 0.1) is 18.8 Å². The summed E-state index contributed by atoms with van der Waals surface area (Å²) in [4.78, 5) is 17.0. The molecule has 0 saturated heterocycles. The molecule has 0 radical (unpaired) electrons. The van der Waals surface area contributed by atoms with Gasteiger partial charge in [0, 0.05) is 42.5 Å². The van der Waals surface area contributed by atoms with E-state index in [1.165, 1.54) is 166 Å². The minimum Gasteiger partial charge on any atom is -0.498 e. The molecule has 0 aliphatic heterocycles. The number of hydrogen-bond donors (Lipinski definition) is 0. The molecule has 59 heavy (non-hydrogen) atoms. The predicted molar refractivity (Wildman–Crippen MR) is 280 cm³/mol. The summed E-state index contributed by atoms with van der Waals surface area (Å²) in [6.07, 6.45) is 35.8. The van der Waals surface area contributed by atoms with E-state index in [0.29, 0.717) is 13.0 Å². The van der Waals surface area contributed by atoms with Crippen LogP contribution < -0.4 is 0 Å². The Balaban J connectivity index is 3.91. The topological polar surface area (TPSA) is 42.0 Å². The molecule has 352 valence electrons. The minimum absolute atomic E-state index is 0.0758. The van der Waals surface area contributed by atoms with Gasteiger partial charge in [-0.3, -0.25) is 4.79 Å². The summed E-state index contributed by atoms with van der Waals surface area (Å²) < 4.78 is 11.5. The molecule has 2 unspecified atom stereocenters. The highest BCUT2D eigenvalue weighted by Gasteiger charge is 2.12. The highest BCUT2D eigenvalue weighted by molar-refractivity contribution is 9.09. The van der Waals surface area contributed by atoms with E-state index in [4.69, 9.17) is 9.47 Å². The molecule has 0 rings (SSSR count). The largest absolute Gasteiger partial charge is 0.498 e. The Morgan fingerprint density at radius 2 is 0.847 bits per heavy atom. The van der Waals surface area contributed by atoms with E-state index in [1.54, 1.807) is 0 Å². The van der Waals surface area contributed by atoms with Crippen molar-refractivity contribution in [3.63, 3.8) is 0 Å². The number of carbonyl (C=O) groups is 1. The molecule has 0 spiro atoms. The van der Waals surface area contributed by atoms with Crippen molar-refractivity contribution < 1.29 is 14.3 Å². The fourth-order valence-corrected chi connectivity index (χ4v) is 15.0. The zero-order chi connectivity index (χ0) is 43.3. The summed E-state index contributed by atoms with van der Waals surface area (Å²) >= 11 is 0.